The molecule has 1 aliphatic heterocycles. The maximum Gasteiger partial charge on any atom is 0.306 e. The lowest BCUT2D eigenvalue weighted by atomic mass is 9.91. The Bertz CT molecular complexity index is 1050. The van der Waals surface area contributed by atoms with Crippen LogP contribution in [0, 0.1) is 0 Å². The Labute approximate surface area is 176 Å². The van der Waals surface area contributed by atoms with Gasteiger partial charge in [-0.3, -0.25) is 14.4 Å². The molecule has 7 heteroatoms. The number of amides is 1. The van der Waals surface area contributed by atoms with Crippen LogP contribution >= 0.6 is 15.9 Å². The first-order chi connectivity index (χ1) is 14.0. The van der Waals surface area contributed by atoms with Crippen LogP contribution in [-0.4, -0.2) is 29.3 Å². The van der Waals surface area contributed by atoms with Crippen molar-refractivity contribution in [3.63, 3.8) is 0 Å². The summed E-state index contributed by atoms with van der Waals surface area (Å²) < 4.78 is 5.92. The first-order valence-electron chi connectivity index (χ1n) is 9.73. The van der Waals surface area contributed by atoms with E-state index in [1.165, 1.54) is 0 Å². The number of H-pyrrole nitrogens is 1. The number of ketones is 1. The molecule has 29 heavy (non-hydrogen) atoms. The molecule has 0 fully saturated rings. The zero-order chi connectivity index (χ0) is 20.5. The fraction of sp³-hybridized carbons (Fsp3) is 0.318. The van der Waals surface area contributed by atoms with E-state index in [4.69, 9.17) is 4.74 Å². The van der Waals surface area contributed by atoms with Gasteiger partial charge in [-0.05, 0) is 50.0 Å². The van der Waals surface area contributed by atoms with Gasteiger partial charge in [-0.15, -0.1) is 0 Å². The highest BCUT2D eigenvalue weighted by Crippen LogP contribution is 2.37. The number of Topliss-reactive ketones (excluding diaryl/α,β-unsaturated/α-hetero) is 1. The van der Waals surface area contributed by atoms with Gasteiger partial charge in [0.15, 0.2) is 5.78 Å². The lowest BCUT2D eigenvalue weighted by Gasteiger charge is -2.11. The van der Waals surface area contributed by atoms with Gasteiger partial charge in [0.25, 0.3) is 5.91 Å². The van der Waals surface area contributed by atoms with Crippen molar-refractivity contribution in [1.29, 1.82) is 0 Å². The van der Waals surface area contributed by atoms with E-state index in [0.29, 0.717) is 30.6 Å². The lowest BCUT2D eigenvalue weighted by molar-refractivity contribution is -0.143. The molecule has 0 saturated carbocycles. The third kappa shape index (κ3) is 3.79. The predicted octanol–water partition coefficient (Wildman–Crippen LogP) is 4.28. The van der Waals surface area contributed by atoms with E-state index in [9.17, 15) is 14.4 Å². The van der Waals surface area contributed by atoms with Crippen LogP contribution in [0.1, 0.15) is 59.1 Å². The highest BCUT2D eigenvalue weighted by atomic mass is 79.9. The summed E-state index contributed by atoms with van der Waals surface area (Å²) in [6, 6.07) is 5.63. The first-order valence-corrected chi connectivity index (χ1v) is 10.5. The fourth-order valence-electron chi connectivity index (χ4n) is 3.99. The van der Waals surface area contributed by atoms with Crippen molar-refractivity contribution in [1.82, 2.24) is 4.98 Å². The molecular formula is C22H21BrN2O4. The Morgan fingerprint density at radius 2 is 2.10 bits per heavy atom. The Morgan fingerprint density at radius 1 is 1.28 bits per heavy atom. The molecule has 2 heterocycles. The number of anilines is 1. The highest BCUT2D eigenvalue weighted by Gasteiger charge is 2.28. The Morgan fingerprint density at radius 3 is 2.90 bits per heavy atom. The van der Waals surface area contributed by atoms with Gasteiger partial charge in [0.1, 0.15) is 0 Å². The zero-order valence-electron chi connectivity index (χ0n) is 16.1. The topological polar surface area (TPSA) is 88.3 Å². The van der Waals surface area contributed by atoms with Crippen molar-refractivity contribution in [2.75, 3.05) is 11.9 Å². The highest BCUT2D eigenvalue weighted by molar-refractivity contribution is 9.10. The van der Waals surface area contributed by atoms with E-state index in [0.717, 1.165) is 45.5 Å². The minimum absolute atomic E-state index is 0.0891. The van der Waals surface area contributed by atoms with Crippen LogP contribution in [0.15, 0.2) is 22.7 Å². The number of carbonyl (C=O) groups is 3. The summed E-state index contributed by atoms with van der Waals surface area (Å²) in [5, 5.41) is 2.87. The second kappa shape index (κ2) is 7.99. The number of carbonyl (C=O) groups excluding carboxylic acids is 3. The minimum atomic E-state index is -0.293. The van der Waals surface area contributed by atoms with Crippen LogP contribution in [0.3, 0.4) is 0 Å². The van der Waals surface area contributed by atoms with E-state index < -0.39 is 0 Å². The summed E-state index contributed by atoms with van der Waals surface area (Å²) in [6.07, 6.45) is 4.47. The number of nitrogens with one attached hydrogen (secondary N) is 2. The number of esters is 1. The van der Waals surface area contributed by atoms with Crippen molar-refractivity contribution in [2.24, 2.45) is 0 Å². The number of hydrogen-bond donors (Lipinski definition) is 2. The zero-order valence-corrected chi connectivity index (χ0v) is 17.6. The van der Waals surface area contributed by atoms with E-state index in [-0.39, 0.29) is 24.1 Å². The molecule has 2 N–H and O–H groups in total. The van der Waals surface area contributed by atoms with Crippen molar-refractivity contribution in [3.8, 4) is 0 Å². The molecule has 0 spiro atoms. The molecule has 0 saturated heterocycles. The average Bonchev–Trinajstić information content (AvgIpc) is 3.18. The molecule has 0 atom stereocenters. The molecule has 0 unspecified atom stereocenters. The monoisotopic (exact) mass is 456 g/mol. The molecule has 1 aliphatic carbocycles. The van der Waals surface area contributed by atoms with E-state index in [2.05, 4.69) is 26.2 Å². The smallest absolute Gasteiger partial charge is 0.306 e. The van der Waals surface area contributed by atoms with Crippen LogP contribution < -0.4 is 5.32 Å². The average molecular weight is 457 g/mol. The van der Waals surface area contributed by atoms with Crippen LogP contribution in [0.5, 0.6) is 0 Å². The Balaban J connectivity index is 1.76. The fourth-order valence-corrected chi connectivity index (χ4v) is 4.35. The molecule has 2 aromatic rings. The largest absolute Gasteiger partial charge is 0.466 e. The second-order valence-corrected chi connectivity index (χ2v) is 8.07. The molecular weight excluding hydrogens is 436 g/mol. The van der Waals surface area contributed by atoms with Gasteiger partial charge in [0.2, 0.25) is 0 Å². The maximum atomic E-state index is 12.6. The third-order valence-electron chi connectivity index (χ3n) is 5.26. The number of fused-ring (bicyclic) bond motifs is 2. The summed E-state index contributed by atoms with van der Waals surface area (Å²) >= 11 is 3.42. The van der Waals surface area contributed by atoms with E-state index >= 15 is 0 Å². The summed E-state index contributed by atoms with van der Waals surface area (Å²) in [5.74, 6) is -0.391. The number of benzene rings is 1. The molecule has 150 valence electrons. The van der Waals surface area contributed by atoms with Crippen LogP contribution in [-0.2, 0) is 27.2 Å². The molecule has 4 rings (SSSR count). The molecule has 1 aromatic carbocycles. The molecule has 2 aliphatic rings. The van der Waals surface area contributed by atoms with Gasteiger partial charge in [0.05, 0.1) is 17.9 Å². The van der Waals surface area contributed by atoms with Gasteiger partial charge < -0.3 is 15.0 Å². The molecule has 1 aromatic heterocycles. The van der Waals surface area contributed by atoms with E-state index in [1.54, 1.807) is 13.0 Å². The normalized spacial score (nSPS) is 16.6. The quantitative estimate of drug-likeness (QED) is 0.518. The standard InChI is InChI=1S/C22H21BrN2O4/c1-2-29-20(27)9-8-14-18(24-16-4-3-5-19(26)21(14)16)11-15-13-7-6-12(23)10-17(13)25-22(15)28/h6-7,10-11,24H,2-5,8-9H2,1H3,(H,25,28). The number of halogens is 1. The summed E-state index contributed by atoms with van der Waals surface area (Å²) in [7, 11) is 0. The van der Waals surface area contributed by atoms with Crippen molar-refractivity contribution in [3.05, 3.63) is 50.8 Å². The van der Waals surface area contributed by atoms with Crippen molar-refractivity contribution in [2.45, 2.75) is 39.0 Å². The summed E-state index contributed by atoms with van der Waals surface area (Å²) in [6.45, 7) is 2.09. The number of rotatable bonds is 5. The molecule has 1 amide bonds. The number of aromatic amines is 1. The van der Waals surface area contributed by atoms with Gasteiger partial charge in [-0.1, -0.05) is 22.0 Å². The summed E-state index contributed by atoms with van der Waals surface area (Å²) in [4.78, 5) is 40.4. The number of aryl methyl sites for hydroxylation is 1. The van der Waals surface area contributed by atoms with Gasteiger partial charge in [-0.2, -0.15) is 0 Å². The molecule has 6 nitrogen and oxygen atoms in total. The van der Waals surface area contributed by atoms with Crippen LogP contribution in [0.4, 0.5) is 5.69 Å². The lowest BCUT2D eigenvalue weighted by Crippen LogP contribution is -2.12. The predicted molar refractivity (Wildman–Crippen MR) is 114 cm³/mol. The third-order valence-corrected chi connectivity index (χ3v) is 5.75. The van der Waals surface area contributed by atoms with Crippen LogP contribution in [0.2, 0.25) is 0 Å². The number of ether oxygens (including phenoxy) is 1. The van der Waals surface area contributed by atoms with Gasteiger partial charge in [0, 0.05) is 39.8 Å². The minimum Gasteiger partial charge on any atom is -0.466 e. The molecule has 0 bridgehead atoms. The van der Waals surface area contributed by atoms with Crippen LogP contribution in [0.25, 0.3) is 11.6 Å². The number of hydrogen-bond acceptors (Lipinski definition) is 4. The first kappa shape index (κ1) is 19.6. The van der Waals surface area contributed by atoms with E-state index in [1.807, 2.05) is 18.2 Å². The van der Waals surface area contributed by atoms with Gasteiger partial charge in [-0.25, -0.2) is 0 Å². The Kier molecular flexibility index (Phi) is 5.41. The number of aromatic nitrogens is 1. The SMILES string of the molecule is CCOC(=O)CCc1c(C=C2C(=O)Nc3cc(Br)ccc32)[nH]c2c1C(=O)CCC2. The van der Waals surface area contributed by atoms with Crippen molar-refractivity contribution < 1.29 is 19.1 Å². The second-order valence-electron chi connectivity index (χ2n) is 7.15. The molecule has 0 radical (unpaired) electrons. The summed E-state index contributed by atoms with van der Waals surface area (Å²) in [5.41, 5.74) is 5.18. The van der Waals surface area contributed by atoms with Gasteiger partial charge >= 0.3 is 5.97 Å². The van der Waals surface area contributed by atoms with Crippen molar-refractivity contribution >= 4 is 50.9 Å². The maximum absolute atomic E-state index is 12.6. The Hall–Kier alpha value is -2.67.